The molecule has 1 amide bonds. The summed E-state index contributed by atoms with van der Waals surface area (Å²) in [4.78, 5) is 16.6. The molecule has 1 aliphatic rings. The van der Waals surface area contributed by atoms with Crippen molar-refractivity contribution in [2.45, 2.75) is 38.6 Å². The summed E-state index contributed by atoms with van der Waals surface area (Å²) in [5, 5.41) is 3.10. The molecule has 3 N–H and O–H groups in total. The number of carbonyl (C=O) groups excluding carboxylic acids is 1. The first-order valence-corrected chi connectivity index (χ1v) is 8.21. The van der Waals surface area contributed by atoms with Crippen LogP contribution in [-0.2, 0) is 4.79 Å². The summed E-state index contributed by atoms with van der Waals surface area (Å²) in [6.45, 7) is 2.01. The molecule has 1 heterocycles. The lowest BCUT2D eigenvalue weighted by Crippen LogP contribution is -2.34. The second-order valence-electron chi connectivity index (χ2n) is 6.38. The molecule has 1 aromatic carbocycles. The number of hydrogen-bond acceptors (Lipinski definition) is 3. The van der Waals surface area contributed by atoms with E-state index < -0.39 is 0 Å². The topological polar surface area (TPSA) is 68.0 Å². The highest BCUT2D eigenvalue weighted by Gasteiger charge is 2.25. The van der Waals surface area contributed by atoms with E-state index in [1.165, 1.54) is 0 Å². The van der Waals surface area contributed by atoms with E-state index in [4.69, 9.17) is 5.73 Å². The number of amides is 1. The van der Waals surface area contributed by atoms with Crippen LogP contribution < -0.4 is 11.1 Å². The van der Waals surface area contributed by atoms with Gasteiger partial charge in [0.05, 0.1) is 0 Å². The fourth-order valence-electron chi connectivity index (χ4n) is 3.18. The number of nitrogens with zero attached hydrogens (tertiary/aromatic N) is 1. The number of nitrogens with two attached hydrogens (primary N) is 1. The first-order chi connectivity index (χ1) is 11.1. The van der Waals surface area contributed by atoms with Gasteiger partial charge in [-0.2, -0.15) is 0 Å². The Morgan fingerprint density at radius 1 is 1.17 bits per heavy atom. The van der Waals surface area contributed by atoms with Crippen LogP contribution in [0.5, 0.6) is 0 Å². The first kappa shape index (κ1) is 15.7. The van der Waals surface area contributed by atoms with Gasteiger partial charge >= 0.3 is 0 Å². The number of hydrogen-bond donors (Lipinski definition) is 2. The maximum absolute atomic E-state index is 12.5. The number of anilines is 1. The van der Waals surface area contributed by atoms with Gasteiger partial charge in [-0.05, 0) is 61.1 Å². The molecule has 3 rings (SSSR count). The van der Waals surface area contributed by atoms with E-state index in [1.54, 1.807) is 12.4 Å². The van der Waals surface area contributed by atoms with Gasteiger partial charge in [-0.15, -0.1) is 0 Å². The second kappa shape index (κ2) is 6.92. The van der Waals surface area contributed by atoms with E-state index in [2.05, 4.69) is 16.4 Å². The molecule has 1 fully saturated rings. The lowest BCUT2D eigenvalue weighted by molar-refractivity contribution is -0.120. The molecule has 1 aromatic heterocycles. The minimum atomic E-state index is 0.0303. The molecule has 0 radical (unpaired) electrons. The maximum atomic E-state index is 12.5. The molecule has 1 aliphatic carbocycles. The van der Waals surface area contributed by atoms with Crippen LogP contribution in [-0.4, -0.2) is 16.9 Å². The van der Waals surface area contributed by atoms with Crippen LogP contribution in [0, 0.1) is 12.8 Å². The number of nitrogens with one attached hydrogen (secondary N) is 1. The van der Waals surface area contributed by atoms with Gasteiger partial charge in [-0.1, -0.05) is 18.6 Å². The number of aryl methyl sites for hydroxylation is 1. The van der Waals surface area contributed by atoms with Crippen LogP contribution in [0.15, 0.2) is 42.7 Å². The van der Waals surface area contributed by atoms with Gasteiger partial charge in [0, 0.05) is 30.0 Å². The van der Waals surface area contributed by atoms with Crippen LogP contribution in [0.2, 0.25) is 0 Å². The van der Waals surface area contributed by atoms with Crippen molar-refractivity contribution in [3.05, 3.63) is 48.3 Å². The third-order valence-electron chi connectivity index (χ3n) is 4.59. The van der Waals surface area contributed by atoms with Crippen molar-refractivity contribution in [2.24, 2.45) is 11.7 Å². The molecule has 2 atom stereocenters. The van der Waals surface area contributed by atoms with Gasteiger partial charge in [-0.3, -0.25) is 9.78 Å². The average Bonchev–Trinajstić information content (AvgIpc) is 2.57. The predicted molar refractivity (Wildman–Crippen MR) is 93.0 cm³/mol. The zero-order chi connectivity index (χ0) is 16.2. The Bertz CT molecular complexity index is 684. The Morgan fingerprint density at radius 2 is 1.96 bits per heavy atom. The molecule has 0 aliphatic heterocycles. The minimum Gasteiger partial charge on any atom is -0.328 e. The molecule has 0 saturated heterocycles. The van der Waals surface area contributed by atoms with E-state index in [0.29, 0.717) is 0 Å². The number of carbonyl (C=O) groups is 1. The molecule has 2 aromatic rings. The van der Waals surface area contributed by atoms with Crippen LogP contribution in [0.25, 0.3) is 11.1 Å². The molecular weight excluding hydrogens is 286 g/mol. The van der Waals surface area contributed by atoms with Gasteiger partial charge in [0.2, 0.25) is 5.91 Å². The van der Waals surface area contributed by atoms with E-state index in [9.17, 15) is 4.79 Å². The highest BCUT2D eigenvalue weighted by atomic mass is 16.1. The Labute approximate surface area is 137 Å². The standard InChI is InChI=1S/C19H23N3O/c1-13-5-6-15(14-7-9-21-10-8-14)12-18(13)22-19(23)16-3-2-4-17(20)11-16/h5-10,12,16-17H,2-4,11,20H2,1H3,(H,22,23). The fraction of sp³-hybridized carbons (Fsp3) is 0.368. The molecule has 4 nitrogen and oxygen atoms in total. The number of rotatable bonds is 3. The van der Waals surface area contributed by atoms with Crippen LogP contribution >= 0.6 is 0 Å². The van der Waals surface area contributed by atoms with E-state index in [-0.39, 0.29) is 17.9 Å². The predicted octanol–water partition coefficient (Wildman–Crippen LogP) is 3.51. The lowest BCUT2D eigenvalue weighted by atomic mass is 9.85. The zero-order valence-corrected chi connectivity index (χ0v) is 13.5. The molecule has 0 spiro atoms. The Morgan fingerprint density at radius 3 is 2.70 bits per heavy atom. The van der Waals surface area contributed by atoms with Crippen LogP contribution in [0.4, 0.5) is 5.69 Å². The zero-order valence-electron chi connectivity index (χ0n) is 13.5. The van der Waals surface area contributed by atoms with Crippen LogP contribution in [0.1, 0.15) is 31.2 Å². The van der Waals surface area contributed by atoms with Crippen molar-refractivity contribution < 1.29 is 4.79 Å². The van der Waals surface area contributed by atoms with Gasteiger partial charge < -0.3 is 11.1 Å². The summed E-state index contributed by atoms with van der Waals surface area (Å²) in [6.07, 6.45) is 7.33. The first-order valence-electron chi connectivity index (χ1n) is 8.21. The highest BCUT2D eigenvalue weighted by Crippen LogP contribution is 2.28. The van der Waals surface area contributed by atoms with Crippen molar-refractivity contribution in [3.63, 3.8) is 0 Å². The summed E-state index contributed by atoms with van der Waals surface area (Å²) < 4.78 is 0. The van der Waals surface area contributed by atoms with Gasteiger partial charge in [-0.25, -0.2) is 0 Å². The van der Waals surface area contributed by atoms with Gasteiger partial charge in [0.15, 0.2) is 0 Å². The van der Waals surface area contributed by atoms with Crippen molar-refractivity contribution in [1.82, 2.24) is 4.98 Å². The monoisotopic (exact) mass is 309 g/mol. The second-order valence-corrected chi connectivity index (χ2v) is 6.38. The smallest absolute Gasteiger partial charge is 0.227 e. The van der Waals surface area contributed by atoms with E-state index >= 15 is 0 Å². The van der Waals surface area contributed by atoms with Gasteiger partial charge in [0.25, 0.3) is 0 Å². The van der Waals surface area contributed by atoms with Crippen molar-refractivity contribution in [2.75, 3.05) is 5.32 Å². The lowest BCUT2D eigenvalue weighted by Gasteiger charge is -2.26. The Kier molecular flexibility index (Phi) is 4.72. The molecule has 120 valence electrons. The number of benzene rings is 1. The fourth-order valence-corrected chi connectivity index (χ4v) is 3.18. The van der Waals surface area contributed by atoms with Crippen LogP contribution in [0.3, 0.4) is 0 Å². The quantitative estimate of drug-likeness (QED) is 0.911. The molecule has 0 bridgehead atoms. The van der Waals surface area contributed by atoms with Crippen molar-refractivity contribution in [3.8, 4) is 11.1 Å². The Balaban J connectivity index is 1.78. The normalized spacial score (nSPS) is 21.0. The summed E-state index contributed by atoms with van der Waals surface area (Å²) >= 11 is 0. The molecule has 1 saturated carbocycles. The number of pyridine rings is 1. The maximum Gasteiger partial charge on any atom is 0.227 e. The molecule has 2 unspecified atom stereocenters. The SMILES string of the molecule is Cc1ccc(-c2ccncc2)cc1NC(=O)C1CCCC(N)C1. The Hall–Kier alpha value is -2.20. The summed E-state index contributed by atoms with van der Waals surface area (Å²) in [7, 11) is 0. The van der Waals surface area contributed by atoms with Gasteiger partial charge in [0.1, 0.15) is 0 Å². The third kappa shape index (κ3) is 3.77. The molecular formula is C19H23N3O. The average molecular weight is 309 g/mol. The largest absolute Gasteiger partial charge is 0.328 e. The number of aromatic nitrogens is 1. The summed E-state index contributed by atoms with van der Waals surface area (Å²) in [5.41, 5.74) is 10.1. The van der Waals surface area contributed by atoms with Crippen molar-refractivity contribution in [1.29, 1.82) is 0 Å². The highest BCUT2D eigenvalue weighted by molar-refractivity contribution is 5.94. The summed E-state index contributed by atoms with van der Waals surface area (Å²) in [6, 6.07) is 10.2. The molecule has 23 heavy (non-hydrogen) atoms. The summed E-state index contributed by atoms with van der Waals surface area (Å²) in [5.74, 6) is 0.123. The van der Waals surface area contributed by atoms with E-state index in [0.717, 1.165) is 48.1 Å². The van der Waals surface area contributed by atoms with Crippen molar-refractivity contribution >= 4 is 11.6 Å². The third-order valence-corrected chi connectivity index (χ3v) is 4.59. The molecule has 4 heteroatoms. The minimum absolute atomic E-state index is 0.0303. The van der Waals surface area contributed by atoms with E-state index in [1.807, 2.05) is 31.2 Å².